The SMILES string of the molecule is CN1C2CCC1CN(c1cc(Cl)c(C(=O)N3COc4c(cccc4-c4cc(N5C6CCC5COC6)c(C(=O)O)cc4F)C3)c(Cl)c1)C2. The van der Waals surface area contributed by atoms with E-state index in [1.165, 1.54) is 17.7 Å². The first kappa shape index (κ1) is 30.7. The molecule has 246 valence electrons. The molecule has 0 aromatic heterocycles. The summed E-state index contributed by atoms with van der Waals surface area (Å²) in [6.45, 7) is 2.90. The summed E-state index contributed by atoms with van der Waals surface area (Å²) < 4.78 is 27.6. The minimum atomic E-state index is -1.18. The zero-order valence-electron chi connectivity index (χ0n) is 25.9. The number of para-hydroxylation sites is 1. The lowest BCUT2D eigenvalue weighted by atomic mass is 9.96. The van der Waals surface area contributed by atoms with Crippen LogP contribution in [0.25, 0.3) is 11.1 Å². The van der Waals surface area contributed by atoms with E-state index in [-0.39, 0.29) is 58.0 Å². The number of fused-ring (bicyclic) bond motifs is 5. The molecule has 4 saturated heterocycles. The number of carbonyl (C=O) groups is 2. The van der Waals surface area contributed by atoms with Gasteiger partial charge in [-0.05, 0) is 57.0 Å². The van der Waals surface area contributed by atoms with Crippen LogP contribution in [-0.2, 0) is 11.3 Å². The van der Waals surface area contributed by atoms with Crippen LogP contribution in [0, 0.1) is 5.82 Å². The summed E-state index contributed by atoms with van der Waals surface area (Å²) >= 11 is 13.5. The van der Waals surface area contributed by atoms with Crippen LogP contribution in [0.5, 0.6) is 5.75 Å². The van der Waals surface area contributed by atoms with Gasteiger partial charge in [-0.2, -0.15) is 0 Å². The Morgan fingerprint density at radius 3 is 2.23 bits per heavy atom. The van der Waals surface area contributed by atoms with Crippen LogP contribution < -0.4 is 14.5 Å². The third kappa shape index (κ3) is 5.21. The number of ether oxygens (including phenoxy) is 2. The van der Waals surface area contributed by atoms with Crippen LogP contribution in [-0.4, -0.2) is 91.0 Å². The topological polar surface area (TPSA) is 85.8 Å². The van der Waals surface area contributed by atoms with Crippen molar-refractivity contribution < 1.29 is 28.6 Å². The summed E-state index contributed by atoms with van der Waals surface area (Å²) in [5.41, 5.74) is 2.95. The molecule has 0 aliphatic carbocycles. The van der Waals surface area contributed by atoms with Gasteiger partial charge in [0, 0.05) is 47.6 Å². The van der Waals surface area contributed by atoms with Crippen molar-refractivity contribution in [1.82, 2.24) is 9.80 Å². The van der Waals surface area contributed by atoms with Gasteiger partial charge < -0.3 is 29.3 Å². The summed E-state index contributed by atoms with van der Waals surface area (Å²) in [7, 11) is 2.18. The van der Waals surface area contributed by atoms with Gasteiger partial charge in [0.15, 0.2) is 6.73 Å². The van der Waals surface area contributed by atoms with Crippen LogP contribution in [0.3, 0.4) is 0 Å². The smallest absolute Gasteiger partial charge is 0.337 e. The maximum Gasteiger partial charge on any atom is 0.337 e. The molecule has 1 N–H and O–H groups in total. The summed E-state index contributed by atoms with van der Waals surface area (Å²) in [4.78, 5) is 34.4. The normalized spacial score (nSPS) is 25.1. The molecule has 3 aromatic rings. The van der Waals surface area contributed by atoms with Gasteiger partial charge in [-0.25, -0.2) is 9.18 Å². The number of carboxylic acids is 1. The van der Waals surface area contributed by atoms with Crippen LogP contribution in [0.2, 0.25) is 10.0 Å². The number of anilines is 2. The Labute approximate surface area is 282 Å². The zero-order valence-corrected chi connectivity index (χ0v) is 27.4. The molecule has 9 nitrogen and oxygen atoms in total. The van der Waals surface area contributed by atoms with Crippen LogP contribution in [0.1, 0.15) is 52.0 Å². The quantitative estimate of drug-likeness (QED) is 0.344. The Morgan fingerprint density at radius 2 is 1.57 bits per heavy atom. The number of nitrogens with zero attached hydrogens (tertiary/aromatic N) is 4. The number of benzene rings is 3. The molecule has 5 aliphatic heterocycles. The molecule has 5 aliphatic rings. The lowest BCUT2D eigenvalue weighted by Crippen LogP contribution is -2.52. The molecular formula is C35H35Cl2FN4O5. The highest BCUT2D eigenvalue weighted by Crippen LogP contribution is 2.44. The zero-order chi connectivity index (χ0) is 32.6. The maximum absolute atomic E-state index is 15.7. The van der Waals surface area contributed by atoms with E-state index in [0.29, 0.717) is 47.9 Å². The molecule has 5 heterocycles. The van der Waals surface area contributed by atoms with E-state index < -0.39 is 11.8 Å². The van der Waals surface area contributed by atoms with E-state index in [0.717, 1.165) is 37.7 Å². The van der Waals surface area contributed by atoms with Crippen molar-refractivity contribution in [2.75, 3.05) is 49.9 Å². The standard InChI is InChI=1S/C35H35Cl2FN4O5/c1-39-20-5-6-21(39)15-40(14-20)24-9-28(36)32(29(37)10-24)34(43)41-13-19-3-2-4-25(33(19)47-18-41)26-12-31(27(35(44)45)11-30(26)38)42-22-7-8-23(42)17-46-16-22/h2-4,9-12,20-23H,5-8,13-18H2,1H3,(H,44,45). The predicted octanol–water partition coefficient (Wildman–Crippen LogP) is 6.14. The number of carbonyl (C=O) groups excluding carboxylic acids is 1. The number of piperazine rings is 1. The van der Waals surface area contributed by atoms with Crippen molar-refractivity contribution in [3.8, 4) is 16.9 Å². The van der Waals surface area contributed by atoms with Crippen LogP contribution in [0.15, 0.2) is 42.5 Å². The fourth-order valence-corrected chi connectivity index (χ4v) is 8.86. The average molecular weight is 682 g/mol. The molecule has 1 amide bonds. The van der Waals surface area contributed by atoms with Crippen molar-refractivity contribution in [2.45, 2.75) is 56.4 Å². The Kier molecular flexibility index (Phi) is 7.74. The summed E-state index contributed by atoms with van der Waals surface area (Å²) in [5.74, 6) is -1.75. The number of aromatic carboxylic acids is 1. The number of hydrogen-bond acceptors (Lipinski definition) is 7. The molecule has 4 atom stereocenters. The highest BCUT2D eigenvalue weighted by molar-refractivity contribution is 6.40. The van der Waals surface area contributed by atoms with E-state index in [1.807, 2.05) is 18.2 Å². The van der Waals surface area contributed by atoms with E-state index in [9.17, 15) is 14.7 Å². The Balaban J connectivity index is 1.07. The number of carboxylic acid groups (broad SMARTS) is 1. The van der Waals surface area contributed by atoms with Crippen molar-refractivity contribution >= 4 is 46.5 Å². The van der Waals surface area contributed by atoms with Gasteiger partial charge in [-0.3, -0.25) is 9.69 Å². The Morgan fingerprint density at radius 1 is 0.915 bits per heavy atom. The number of hydrogen-bond donors (Lipinski definition) is 1. The van der Waals surface area contributed by atoms with Crippen LogP contribution >= 0.6 is 23.2 Å². The van der Waals surface area contributed by atoms with Crippen molar-refractivity contribution in [1.29, 1.82) is 0 Å². The highest BCUT2D eigenvalue weighted by atomic mass is 35.5. The van der Waals surface area contributed by atoms with E-state index in [2.05, 4.69) is 21.7 Å². The molecular weight excluding hydrogens is 646 g/mol. The number of likely N-dealkylation sites (N-methyl/N-ethyl adjacent to an activating group) is 1. The maximum atomic E-state index is 15.7. The van der Waals surface area contributed by atoms with Crippen molar-refractivity contribution in [3.05, 3.63) is 75.0 Å². The molecule has 8 rings (SSSR count). The number of amides is 1. The molecule has 4 fully saturated rings. The third-order valence-corrected chi connectivity index (χ3v) is 11.3. The molecule has 0 saturated carbocycles. The summed E-state index contributed by atoms with van der Waals surface area (Å²) in [6, 6.07) is 12.8. The molecule has 12 heteroatoms. The average Bonchev–Trinajstić information content (AvgIpc) is 3.40. The molecule has 47 heavy (non-hydrogen) atoms. The molecule has 3 aromatic carbocycles. The third-order valence-electron chi connectivity index (χ3n) is 10.7. The number of morpholine rings is 1. The fraction of sp³-hybridized carbons (Fsp3) is 0.429. The lowest BCUT2D eigenvalue weighted by molar-refractivity contribution is 0.0516. The van der Waals surface area contributed by atoms with Crippen molar-refractivity contribution in [3.63, 3.8) is 0 Å². The lowest BCUT2D eigenvalue weighted by Gasteiger charge is -2.40. The second-order valence-corrected chi connectivity index (χ2v) is 14.1. The van der Waals surface area contributed by atoms with Gasteiger partial charge in [0.1, 0.15) is 11.6 Å². The van der Waals surface area contributed by atoms with Gasteiger partial charge in [0.25, 0.3) is 5.91 Å². The Hall–Kier alpha value is -3.57. The first-order valence-electron chi connectivity index (χ1n) is 16.1. The summed E-state index contributed by atoms with van der Waals surface area (Å²) in [5, 5.41) is 10.6. The highest BCUT2D eigenvalue weighted by Gasteiger charge is 2.40. The van der Waals surface area contributed by atoms with Gasteiger partial charge >= 0.3 is 5.97 Å². The van der Waals surface area contributed by atoms with E-state index in [4.69, 9.17) is 32.7 Å². The second-order valence-electron chi connectivity index (χ2n) is 13.3. The first-order chi connectivity index (χ1) is 22.7. The molecule has 4 unspecified atom stereocenters. The molecule has 0 radical (unpaired) electrons. The van der Waals surface area contributed by atoms with Gasteiger partial charge in [-0.1, -0.05) is 41.4 Å². The predicted molar refractivity (Wildman–Crippen MR) is 178 cm³/mol. The number of rotatable bonds is 5. The largest absolute Gasteiger partial charge is 0.478 e. The minimum Gasteiger partial charge on any atom is -0.478 e. The molecule has 4 bridgehead atoms. The molecule has 0 spiro atoms. The Bertz CT molecular complexity index is 1740. The van der Waals surface area contributed by atoms with Crippen LogP contribution in [0.4, 0.5) is 15.8 Å². The van der Waals surface area contributed by atoms with Gasteiger partial charge in [0.05, 0.1) is 58.7 Å². The van der Waals surface area contributed by atoms with Crippen molar-refractivity contribution in [2.24, 2.45) is 0 Å². The first-order valence-corrected chi connectivity index (χ1v) is 16.9. The summed E-state index contributed by atoms with van der Waals surface area (Å²) in [6.07, 6.45) is 4.11. The van der Waals surface area contributed by atoms with E-state index in [1.54, 1.807) is 18.2 Å². The number of halogens is 3. The fourth-order valence-electron chi connectivity index (χ4n) is 8.22. The minimum absolute atomic E-state index is 0.0371. The second kappa shape index (κ2) is 11.8. The van der Waals surface area contributed by atoms with Gasteiger partial charge in [0.2, 0.25) is 0 Å². The van der Waals surface area contributed by atoms with E-state index >= 15 is 4.39 Å². The van der Waals surface area contributed by atoms with Gasteiger partial charge in [-0.15, -0.1) is 0 Å². The monoisotopic (exact) mass is 680 g/mol.